The van der Waals surface area contributed by atoms with Crippen molar-refractivity contribution >= 4 is 29.2 Å². The highest BCUT2D eigenvalue weighted by molar-refractivity contribution is 7.13. The van der Waals surface area contributed by atoms with E-state index in [1.165, 1.54) is 11.3 Å². The lowest BCUT2D eigenvalue weighted by Gasteiger charge is -2.20. The molecule has 144 valence electrons. The van der Waals surface area contributed by atoms with E-state index in [0.29, 0.717) is 5.69 Å². The fraction of sp³-hybridized carbons (Fsp3) is 0.368. The molecule has 0 spiro atoms. The highest BCUT2D eigenvalue weighted by atomic mass is 32.1. The van der Waals surface area contributed by atoms with Crippen molar-refractivity contribution in [2.45, 2.75) is 39.7 Å². The Morgan fingerprint density at radius 1 is 1.22 bits per heavy atom. The molecule has 0 saturated heterocycles. The molecule has 3 amide bonds. The van der Waals surface area contributed by atoms with Crippen LogP contribution < -0.4 is 10.6 Å². The predicted molar refractivity (Wildman–Crippen MR) is 103 cm³/mol. The molecule has 0 fully saturated rings. The van der Waals surface area contributed by atoms with E-state index in [2.05, 4.69) is 15.6 Å². The Bertz CT molecular complexity index is 839. The van der Waals surface area contributed by atoms with Gasteiger partial charge in [0, 0.05) is 16.5 Å². The van der Waals surface area contributed by atoms with E-state index in [0.717, 1.165) is 16.1 Å². The molecule has 27 heavy (non-hydrogen) atoms. The van der Waals surface area contributed by atoms with Gasteiger partial charge in [0.15, 0.2) is 6.61 Å². The molecule has 2 aromatic rings. The zero-order valence-corrected chi connectivity index (χ0v) is 16.6. The SMILES string of the molecule is Cc1cccc(-c2nc(CC(=O)OCC(=O)NC(=O)NC(C)(C)C)cs2)c1. The second kappa shape index (κ2) is 8.77. The molecule has 0 radical (unpaired) electrons. The van der Waals surface area contributed by atoms with Crippen LogP contribution >= 0.6 is 11.3 Å². The van der Waals surface area contributed by atoms with Gasteiger partial charge in [-0.05, 0) is 33.8 Å². The Kier molecular flexibility index (Phi) is 6.68. The summed E-state index contributed by atoms with van der Waals surface area (Å²) in [5, 5.41) is 7.29. The van der Waals surface area contributed by atoms with Crippen LogP contribution in [0.4, 0.5) is 4.79 Å². The van der Waals surface area contributed by atoms with Crippen molar-refractivity contribution in [3.05, 3.63) is 40.9 Å². The van der Waals surface area contributed by atoms with E-state index in [1.54, 1.807) is 26.2 Å². The van der Waals surface area contributed by atoms with Crippen LogP contribution in [0.25, 0.3) is 10.6 Å². The van der Waals surface area contributed by atoms with E-state index in [9.17, 15) is 14.4 Å². The van der Waals surface area contributed by atoms with Crippen LogP contribution in [0.3, 0.4) is 0 Å². The number of nitrogens with one attached hydrogen (secondary N) is 2. The molecule has 7 nitrogen and oxygen atoms in total. The molecule has 0 aliphatic rings. The molecular weight excluding hydrogens is 366 g/mol. The number of benzene rings is 1. The zero-order valence-electron chi connectivity index (χ0n) is 15.8. The summed E-state index contributed by atoms with van der Waals surface area (Å²) in [6.07, 6.45) is -0.0379. The van der Waals surface area contributed by atoms with Gasteiger partial charge in [-0.3, -0.25) is 14.9 Å². The standard InChI is InChI=1S/C19H23N3O4S/c1-12-6-5-7-13(8-12)17-20-14(11-27-17)9-16(24)26-10-15(23)21-18(25)22-19(2,3)4/h5-8,11H,9-10H2,1-4H3,(H2,21,22,23,25). The number of hydrogen-bond donors (Lipinski definition) is 2. The lowest BCUT2D eigenvalue weighted by Crippen LogP contribution is -2.49. The van der Waals surface area contributed by atoms with Crippen molar-refractivity contribution < 1.29 is 19.1 Å². The number of hydrogen-bond acceptors (Lipinski definition) is 6. The first-order valence-corrected chi connectivity index (χ1v) is 9.29. The second-order valence-corrected chi connectivity index (χ2v) is 7.96. The first-order chi connectivity index (χ1) is 12.6. The maximum absolute atomic E-state index is 11.9. The van der Waals surface area contributed by atoms with Gasteiger partial charge in [0.25, 0.3) is 5.91 Å². The number of carbonyl (C=O) groups is 3. The van der Waals surface area contributed by atoms with Crippen molar-refractivity contribution in [2.24, 2.45) is 0 Å². The Labute approximate surface area is 162 Å². The van der Waals surface area contributed by atoms with Gasteiger partial charge in [0.05, 0.1) is 12.1 Å². The summed E-state index contributed by atoms with van der Waals surface area (Å²) in [7, 11) is 0. The minimum atomic E-state index is -0.691. The normalized spacial score (nSPS) is 11.0. The molecule has 0 bridgehead atoms. The fourth-order valence-corrected chi connectivity index (χ4v) is 3.00. The smallest absolute Gasteiger partial charge is 0.321 e. The van der Waals surface area contributed by atoms with Gasteiger partial charge >= 0.3 is 12.0 Å². The quantitative estimate of drug-likeness (QED) is 0.767. The molecule has 0 saturated carbocycles. The number of imide groups is 1. The summed E-state index contributed by atoms with van der Waals surface area (Å²) >= 11 is 1.44. The van der Waals surface area contributed by atoms with E-state index < -0.39 is 30.1 Å². The maximum atomic E-state index is 11.9. The van der Waals surface area contributed by atoms with Crippen LogP contribution in [0.1, 0.15) is 32.0 Å². The topological polar surface area (TPSA) is 97.4 Å². The third-order valence-corrected chi connectivity index (χ3v) is 4.19. The van der Waals surface area contributed by atoms with Crippen LogP contribution in [0.15, 0.2) is 29.6 Å². The molecule has 1 heterocycles. The monoisotopic (exact) mass is 389 g/mol. The van der Waals surface area contributed by atoms with Crippen molar-refractivity contribution in [2.75, 3.05) is 6.61 Å². The number of thiazole rings is 1. The molecule has 0 aliphatic carbocycles. The van der Waals surface area contributed by atoms with Gasteiger partial charge in [-0.25, -0.2) is 9.78 Å². The lowest BCUT2D eigenvalue weighted by molar-refractivity contribution is -0.147. The molecule has 1 aromatic heterocycles. The Morgan fingerprint density at radius 3 is 2.63 bits per heavy atom. The Balaban J connectivity index is 1.81. The molecule has 2 N–H and O–H groups in total. The lowest BCUT2D eigenvalue weighted by atomic mass is 10.1. The third-order valence-electron chi connectivity index (χ3n) is 3.25. The molecular formula is C19H23N3O4S. The van der Waals surface area contributed by atoms with Crippen LogP contribution in [0.2, 0.25) is 0 Å². The summed E-state index contributed by atoms with van der Waals surface area (Å²) in [4.78, 5) is 39.6. The van der Waals surface area contributed by atoms with Gasteiger partial charge in [0.2, 0.25) is 0 Å². The van der Waals surface area contributed by atoms with Crippen LogP contribution in [-0.2, 0) is 20.7 Å². The highest BCUT2D eigenvalue weighted by Gasteiger charge is 2.17. The van der Waals surface area contributed by atoms with E-state index in [4.69, 9.17) is 4.74 Å². The average Bonchev–Trinajstić information content (AvgIpc) is 2.99. The van der Waals surface area contributed by atoms with E-state index in [-0.39, 0.29) is 6.42 Å². The molecule has 0 unspecified atom stereocenters. The van der Waals surface area contributed by atoms with Crippen LogP contribution in [0, 0.1) is 6.92 Å². The molecule has 0 aliphatic heterocycles. The fourth-order valence-electron chi connectivity index (χ4n) is 2.18. The van der Waals surface area contributed by atoms with Gasteiger partial charge in [-0.15, -0.1) is 11.3 Å². The van der Waals surface area contributed by atoms with Crippen LogP contribution in [0.5, 0.6) is 0 Å². The van der Waals surface area contributed by atoms with E-state index in [1.807, 2.05) is 31.2 Å². The molecule has 1 aromatic carbocycles. The number of rotatable bonds is 5. The Hall–Kier alpha value is -2.74. The summed E-state index contributed by atoms with van der Waals surface area (Å²) in [6, 6.07) is 7.30. The van der Waals surface area contributed by atoms with Gasteiger partial charge in [-0.2, -0.15) is 0 Å². The number of aryl methyl sites for hydroxylation is 1. The van der Waals surface area contributed by atoms with Crippen molar-refractivity contribution in [3.63, 3.8) is 0 Å². The Morgan fingerprint density at radius 2 is 1.96 bits per heavy atom. The number of amides is 3. The summed E-state index contributed by atoms with van der Waals surface area (Å²) in [5.74, 6) is -1.27. The van der Waals surface area contributed by atoms with Gasteiger partial charge in [-0.1, -0.05) is 23.8 Å². The first-order valence-electron chi connectivity index (χ1n) is 8.41. The van der Waals surface area contributed by atoms with Gasteiger partial charge in [0.1, 0.15) is 5.01 Å². The van der Waals surface area contributed by atoms with Crippen molar-refractivity contribution in [3.8, 4) is 10.6 Å². The van der Waals surface area contributed by atoms with Crippen molar-refractivity contribution in [1.29, 1.82) is 0 Å². The minimum Gasteiger partial charge on any atom is -0.455 e. The molecule has 2 rings (SSSR count). The largest absolute Gasteiger partial charge is 0.455 e. The summed E-state index contributed by atoms with van der Waals surface area (Å²) in [6.45, 7) is 6.84. The first kappa shape index (κ1) is 20.6. The maximum Gasteiger partial charge on any atom is 0.321 e. The average molecular weight is 389 g/mol. The number of esters is 1. The zero-order chi connectivity index (χ0) is 20.0. The highest BCUT2D eigenvalue weighted by Crippen LogP contribution is 2.24. The number of carbonyl (C=O) groups excluding carboxylic acids is 3. The van der Waals surface area contributed by atoms with Crippen LogP contribution in [-0.4, -0.2) is 35.0 Å². The number of urea groups is 1. The number of nitrogens with zero attached hydrogens (tertiary/aromatic N) is 1. The van der Waals surface area contributed by atoms with Gasteiger partial charge < -0.3 is 10.1 Å². The summed E-state index contributed by atoms with van der Waals surface area (Å²) in [5.41, 5.74) is 2.22. The molecule has 8 heteroatoms. The molecule has 0 atom stereocenters. The summed E-state index contributed by atoms with van der Waals surface area (Å²) < 4.78 is 4.91. The number of ether oxygens (including phenoxy) is 1. The number of aromatic nitrogens is 1. The second-order valence-electron chi connectivity index (χ2n) is 7.10. The van der Waals surface area contributed by atoms with Crippen molar-refractivity contribution in [1.82, 2.24) is 15.6 Å². The minimum absolute atomic E-state index is 0.0379. The van der Waals surface area contributed by atoms with E-state index >= 15 is 0 Å². The third kappa shape index (κ3) is 7.18. The predicted octanol–water partition coefficient (Wildman–Crippen LogP) is 2.83.